The number of likely N-dealkylation sites (tertiary alicyclic amines) is 1. The molecule has 142 valence electrons. The predicted molar refractivity (Wildman–Crippen MR) is 97.6 cm³/mol. The molecule has 6 nitrogen and oxygen atoms in total. The van der Waals surface area contributed by atoms with E-state index >= 15 is 0 Å². The van der Waals surface area contributed by atoms with E-state index in [1.165, 1.54) is 12.8 Å². The van der Waals surface area contributed by atoms with E-state index in [9.17, 15) is 9.59 Å². The summed E-state index contributed by atoms with van der Waals surface area (Å²) in [7, 11) is 0. The van der Waals surface area contributed by atoms with Crippen molar-refractivity contribution in [1.29, 1.82) is 0 Å². The Morgan fingerprint density at radius 3 is 2.48 bits per heavy atom. The van der Waals surface area contributed by atoms with Crippen LogP contribution < -0.4 is 11.5 Å². The fraction of sp³-hybridized carbons (Fsp3) is 0.789. The van der Waals surface area contributed by atoms with Gasteiger partial charge in [-0.05, 0) is 56.6 Å². The number of carbonyl (C=O) groups excluding carboxylic acids is 2. The Balaban J connectivity index is 1.91. The quantitative estimate of drug-likeness (QED) is 0.559. The monoisotopic (exact) mass is 351 g/mol. The van der Waals surface area contributed by atoms with Crippen LogP contribution in [0.25, 0.3) is 0 Å². The van der Waals surface area contributed by atoms with Crippen molar-refractivity contribution in [2.45, 2.75) is 70.6 Å². The third-order valence-corrected chi connectivity index (χ3v) is 5.71. The van der Waals surface area contributed by atoms with E-state index in [2.05, 4.69) is 13.8 Å². The second-order valence-electron chi connectivity index (χ2n) is 7.71. The lowest BCUT2D eigenvalue weighted by molar-refractivity contribution is -0.147. The molecular formula is C19H33N3O3. The van der Waals surface area contributed by atoms with Crippen molar-refractivity contribution >= 4 is 11.7 Å². The smallest absolute Gasteiger partial charge is 0.294 e. The molecule has 0 aromatic heterocycles. The zero-order chi connectivity index (χ0) is 18.4. The molecule has 0 bridgehead atoms. The van der Waals surface area contributed by atoms with Gasteiger partial charge in [0.15, 0.2) is 0 Å². The number of nitrogens with zero attached hydrogens (tertiary/aromatic N) is 1. The van der Waals surface area contributed by atoms with Crippen LogP contribution in [-0.2, 0) is 14.3 Å². The first kappa shape index (κ1) is 19.9. The second kappa shape index (κ2) is 9.34. The van der Waals surface area contributed by atoms with Gasteiger partial charge in [0.1, 0.15) is 0 Å². The molecule has 1 heterocycles. The maximum Gasteiger partial charge on any atom is 0.294 e. The minimum atomic E-state index is -0.598. The predicted octanol–water partition coefficient (Wildman–Crippen LogP) is 1.58. The molecule has 2 rings (SSSR count). The Morgan fingerprint density at radius 2 is 1.88 bits per heavy atom. The number of hydrogen-bond donors (Lipinski definition) is 2. The largest absolute Gasteiger partial charge is 0.404 e. The van der Waals surface area contributed by atoms with Gasteiger partial charge in [0.05, 0.1) is 18.8 Å². The third-order valence-electron chi connectivity index (χ3n) is 5.71. The van der Waals surface area contributed by atoms with E-state index in [1.54, 1.807) is 4.90 Å². The third kappa shape index (κ3) is 5.28. The van der Waals surface area contributed by atoms with Gasteiger partial charge in [0.25, 0.3) is 5.91 Å². The first-order valence-corrected chi connectivity index (χ1v) is 9.54. The molecule has 0 aromatic carbocycles. The van der Waals surface area contributed by atoms with Crippen LogP contribution in [-0.4, -0.2) is 47.9 Å². The Labute approximate surface area is 150 Å². The first-order chi connectivity index (χ1) is 11.9. The van der Waals surface area contributed by atoms with Gasteiger partial charge in [-0.25, -0.2) is 0 Å². The highest BCUT2D eigenvalue weighted by molar-refractivity contribution is 6.40. The molecule has 6 heteroatoms. The summed E-state index contributed by atoms with van der Waals surface area (Å²) in [5.41, 5.74) is 11.5. The first-order valence-electron chi connectivity index (χ1n) is 9.54. The summed E-state index contributed by atoms with van der Waals surface area (Å²) in [5.74, 6) is 0.381. The molecule has 2 atom stereocenters. The van der Waals surface area contributed by atoms with Gasteiger partial charge in [-0.1, -0.05) is 13.8 Å². The van der Waals surface area contributed by atoms with Gasteiger partial charge < -0.3 is 21.1 Å². The van der Waals surface area contributed by atoms with Crippen LogP contribution in [0.15, 0.2) is 12.3 Å². The van der Waals surface area contributed by atoms with E-state index in [1.807, 2.05) is 0 Å². The lowest BCUT2D eigenvalue weighted by Gasteiger charge is -2.40. The zero-order valence-electron chi connectivity index (χ0n) is 15.5. The molecule has 0 radical (unpaired) electrons. The summed E-state index contributed by atoms with van der Waals surface area (Å²) in [6.07, 6.45) is 8.61. The number of ether oxygens (including phenoxy) is 1. The fourth-order valence-corrected chi connectivity index (χ4v) is 4.01. The van der Waals surface area contributed by atoms with Crippen molar-refractivity contribution in [3.05, 3.63) is 12.3 Å². The number of nitrogens with two attached hydrogens (primary N) is 2. The Morgan fingerprint density at radius 1 is 1.20 bits per heavy atom. The highest BCUT2D eigenvalue weighted by Gasteiger charge is 2.35. The number of amides is 1. The second-order valence-corrected chi connectivity index (χ2v) is 7.71. The van der Waals surface area contributed by atoms with E-state index in [0.717, 1.165) is 49.8 Å². The molecule has 1 saturated heterocycles. The number of carbonyl (C=O) groups is 2. The summed E-state index contributed by atoms with van der Waals surface area (Å²) >= 11 is 0. The van der Waals surface area contributed by atoms with Crippen LogP contribution in [0, 0.1) is 11.8 Å². The van der Waals surface area contributed by atoms with Crippen molar-refractivity contribution in [2.24, 2.45) is 23.3 Å². The Hall–Kier alpha value is -1.40. The van der Waals surface area contributed by atoms with E-state index in [0.29, 0.717) is 13.2 Å². The number of piperidine rings is 1. The minimum absolute atomic E-state index is 0.153. The molecule has 1 aliphatic heterocycles. The van der Waals surface area contributed by atoms with Gasteiger partial charge in [-0.15, -0.1) is 0 Å². The molecule has 4 N–H and O–H groups in total. The Kier molecular flexibility index (Phi) is 7.44. The molecule has 0 unspecified atom stereocenters. The maximum atomic E-state index is 12.4. The fourth-order valence-electron chi connectivity index (χ4n) is 4.01. The lowest BCUT2D eigenvalue weighted by Crippen LogP contribution is -2.58. The van der Waals surface area contributed by atoms with Gasteiger partial charge in [0.2, 0.25) is 5.78 Å². The summed E-state index contributed by atoms with van der Waals surface area (Å²) in [6.45, 7) is 5.51. The Bertz CT molecular complexity index is 484. The minimum Gasteiger partial charge on any atom is -0.404 e. The van der Waals surface area contributed by atoms with Gasteiger partial charge in [-0.3, -0.25) is 9.59 Å². The van der Waals surface area contributed by atoms with Gasteiger partial charge in [-0.2, -0.15) is 0 Å². The molecule has 2 fully saturated rings. The van der Waals surface area contributed by atoms with Crippen molar-refractivity contribution in [3.8, 4) is 0 Å². The standard InChI is InChI=1S/C19H33N3O3/c1-13(2)14-5-7-15(8-6-14)25-12-17-16(21)4-3-11-22(17)19(24)18(23)9-10-20/h9-10,13-17H,3-8,11-12,20-21H2,1-2H3/t14?,15?,16-,17-/m0/s1. The molecule has 0 aromatic rings. The van der Waals surface area contributed by atoms with E-state index < -0.39 is 11.7 Å². The topological polar surface area (TPSA) is 98.6 Å². The SMILES string of the molecule is CC(C)C1CCC(OC[C@H]2[C@@H](N)CCCN2C(=O)C(=O)C=CN)CC1. The average Bonchev–Trinajstić information content (AvgIpc) is 2.60. The van der Waals surface area contributed by atoms with Crippen LogP contribution >= 0.6 is 0 Å². The number of ketones is 1. The van der Waals surface area contributed by atoms with E-state index in [-0.39, 0.29) is 18.2 Å². The molecule has 0 spiro atoms. The summed E-state index contributed by atoms with van der Waals surface area (Å²) in [6, 6.07) is -0.390. The lowest BCUT2D eigenvalue weighted by atomic mass is 9.80. The molecule has 2 aliphatic rings. The van der Waals surface area contributed by atoms with Crippen molar-refractivity contribution < 1.29 is 14.3 Å². The molecule has 1 amide bonds. The highest BCUT2D eigenvalue weighted by atomic mass is 16.5. The average molecular weight is 351 g/mol. The summed E-state index contributed by atoms with van der Waals surface area (Å²) < 4.78 is 6.11. The maximum absolute atomic E-state index is 12.4. The molecule has 1 saturated carbocycles. The van der Waals surface area contributed by atoms with Crippen molar-refractivity contribution in [1.82, 2.24) is 4.90 Å². The van der Waals surface area contributed by atoms with Crippen LogP contribution in [0.3, 0.4) is 0 Å². The van der Waals surface area contributed by atoms with Crippen LogP contribution in [0.5, 0.6) is 0 Å². The summed E-state index contributed by atoms with van der Waals surface area (Å²) in [5, 5.41) is 0. The normalized spacial score (nSPS) is 30.8. The molecular weight excluding hydrogens is 318 g/mol. The van der Waals surface area contributed by atoms with Crippen molar-refractivity contribution in [3.63, 3.8) is 0 Å². The molecule has 25 heavy (non-hydrogen) atoms. The van der Waals surface area contributed by atoms with Crippen molar-refractivity contribution in [2.75, 3.05) is 13.2 Å². The zero-order valence-corrected chi connectivity index (χ0v) is 15.5. The highest BCUT2D eigenvalue weighted by Crippen LogP contribution is 2.31. The van der Waals surface area contributed by atoms with E-state index in [4.69, 9.17) is 16.2 Å². The number of hydrogen-bond acceptors (Lipinski definition) is 5. The summed E-state index contributed by atoms with van der Waals surface area (Å²) in [4.78, 5) is 25.8. The van der Waals surface area contributed by atoms with Gasteiger partial charge in [0, 0.05) is 18.7 Å². The van der Waals surface area contributed by atoms with Crippen LogP contribution in [0.4, 0.5) is 0 Å². The number of rotatable bonds is 6. The van der Waals surface area contributed by atoms with Gasteiger partial charge >= 0.3 is 0 Å². The molecule has 1 aliphatic carbocycles. The van der Waals surface area contributed by atoms with Crippen LogP contribution in [0.2, 0.25) is 0 Å². The van der Waals surface area contributed by atoms with Crippen LogP contribution in [0.1, 0.15) is 52.4 Å².